The van der Waals surface area contributed by atoms with Gasteiger partial charge in [0.1, 0.15) is 0 Å². The quantitative estimate of drug-likeness (QED) is 0.505. The Morgan fingerprint density at radius 2 is 1.75 bits per heavy atom. The molecule has 0 spiro atoms. The molecule has 0 saturated carbocycles. The van der Waals surface area contributed by atoms with E-state index in [2.05, 4.69) is 16.2 Å². The molecule has 24 valence electrons. The Kier molecular flexibility index (Phi) is 19.9. The van der Waals surface area contributed by atoms with Crippen LogP contribution >= 0.6 is 11.9 Å². The third kappa shape index (κ3) is 11.1. The van der Waals surface area contributed by atoms with Crippen LogP contribution in [0.3, 0.4) is 0 Å². The molecule has 0 aromatic carbocycles. The van der Waals surface area contributed by atoms with Crippen molar-refractivity contribution in [3.63, 3.8) is 0 Å². The third-order valence-corrected chi connectivity index (χ3v) is 0. The molecule has 4 heavy (non-hydrogen) atoms. The molecule has 0 aliphatic heterocycles. The maximum Gasteiger partial charge on any atom is 0.0606 e. The Balaban J connectivity index is 0. The maximum absolute atomic E-state index is 4.50. The molecule has 0 aliphatic rings. The minimum Gasteiger partial charge on any atom is -0.283 e. The van der Waals surface area contributed by atoms with Crippen molar-refractivity contribution < 1.29 is 30.5 Å². The van der Waals surface area contributed by atoms with Crippen molar-refractivity contribution in [3.8, 4) is 0 Å². The number of halogens is 1. The Bertz CT molecular complexity index is 8.00. The molecule has 0 aliphatic carbocycles. The average molecular weight is 158 g/mol. The molecular formula is CH3ClOZr. The van der Waals surface area contributed by atoms with Crippen molar-refractivity contribution in [1.29, 1.82) is 0 Å². The zero-order valence-electron chi connectivity index (χ0n) is 2.29. The minimum absolute atomic E-state index is 0. The maximum atomic E-state index is 4.50. The Labute approximate surface area is 49.6 Å². The largest absolute Gasteiger partial charge is 0.283 e. The zero-order valence-corrected chi connectivity index (χ0v) is 5.50. The summed E-state index contributed by atoms with van der Waals surface area (Å²) >= 11 is 4.50. The van der Waals surface area contributed by atoms with E-state index in [4.69, 9.17) is 0 Å². The van der Waals surface area contributed by atoms with E-state index in [9.17, 15) is 0 Å². The molecule has 0 atom stereocenters. The molecule has 3 heteroatoms. The van der Waals surface area contributed by atoms with Gasteiger partial charge < -0.3 is 0 Å². The summed E-state index contributed by atoms with van der Waals surface area (Å²) in [6.07, 6.45) is 0. The summed E-state index contributed by atoms with van der Waals surface area (Å²) in [5.74, 6) is 0. The molecule has 0 amide bonds. The summed E-state index contributed by atoms with van der Waals surface area (Å²) in [6, 6.07) is 0. The first kappa shape index (κ1) is 8.93. The van der Waals surface area contributed by atoms with Crippen LogP contribution in [0.25, 0.3) is 0 Å². The van der Waals surface area contributed by atoms with E-state index in [1.54, 1.807) is 0 Å². The van der Waals surface area contributed by atoms with Crippen molar-refractivity contribution in [3.05, 3.63) is 0 Å². The summed E-state index contributed by atoms with van der Waals surface area (Å²) in [5.41, 5.74) is 0. The molecular weight excluding hydrogens is 155 g/mol. The molecule has 0 saturated heterocycles. The summed E-state index contributed by atoms with van der Waals surface area (Å²) < 4.78 is 3.72. The van der Waals surface area contributed by atoms with Crippen LogP contribution in [0, 0.1) is 0 Å². The van der Waals surface area contributed by atoms with Crippen LogP contribution in [0.2, 0.25) is 0 Å². The van der Waals surface area contributed by atoms with E-state index >= 15 is 0 Å². The summed E-state index contributed by atoms with van der Waals surface area (Å²) in [4.78, 5) is 0. The second-order valence-electron chi connectivity index (χ2n) is 0.154. The van der Waals surface area contributed by atoms with Gasteiger partial charge in [-0.2, -0.15) is 0 Å². The molecule has 0 aromatic heterocycles. The van der Waals surface area contributed by atoms with Gasteiger partial charge in [-0.05, 0) is 0 Å². The molecule has 0 radical (unpaired) electrons. The fourth-order valence-electron chi connectivity index (χ4n) is 0. The molecule has 0 rings (SSSR count). The van der Waals surface area contributed by atoms with Gasteiger partial charge in [0.2, 0.25) is 0 Å². The second-order valence-corrected chi connectivity index (χ2v) is 0.463. The van der Waals surface area contributed by atoms with Crippen molar-refractivity contribution >= 4 is 11.9 Å². The standard InChI is InChI=1S/CH3ClO.Zr/c1-3-2;/h1H3;. The van der Waals surface area contributed by atoms with Crippen LogP contribution in [0.4, 0.5) is 0 Å². The van der Waals surface area contributed by atoms with Crippen molar-refractivity contribution in [1.82, 2.24) is 0 Å². The zero-order chi connectivity index (χ0) is 2.71. The Morgan fingerprint density at radius 1 is 1.75 bits per heavy atom. The van der Waals surface area contributed by atoms with Crippen molar-refractivity contribution in [2.24, 2.45) is 0 Å². The van der Waals surface area contributed by atoms with Gasteiger partial charge in [0.25, 0.3) is 0 Å². The van der Waals surface area contributed by atoms with E-state index in [0.29, 0.717) is 0 Å². The molecule has 0 aromatic rings. The van der Waals surface area contributed by atoms with Gasteiger partial charge in [-0.25, -0.2) is 0 Å². The minimum atomic E-state index is 0. The predicted molar refractivity (Wildman–Crippen MR) is 12.9 cm³/mol. The molecule has 0 bridgehead atoms. The van der Waals surface area contributed by atoms with E-state index in [0.717, 1.165) is 0 Å². The topological polar surface area (TPSA) is 9.23 Å². The predicted octanol–water partition coefficient (Wildman–Crippen LogP) is 0.784. The van der Waals surface area contributed by atoms with Crippen LogP contribution in [0.5, 0.6) is 0 Å². The summed E-state index contributed by atoms with van der Waals surface area (Å²) in [7, 11) is 1.39. The van der Waals surface area contributed by atoms with Gasteiger partial charge in [0.15, 0.2) is 0 Å². The number of hydrogen-bond donors (Lipinski definition) is 0. The number of rotatable bonds is 0. The summed E-state index contributed by atoms with van der Waals surface area (Å²) in [5, 5.41) is 0. The van der Waals surface area contributed by atoms with Gasteiger partial charge in [-0.3, -0.25) is 4.29 Å². The smallest absolute Gasteiger partial charge is 0.0606 e. The second kappa shape index (κ2) is 8.92. The normalized spacial score (nSPS) is 4.50. The first-order valence-corrected chi connectivity index (χ1v) is 0.871. The van der Waals surface area contributed by atoms with Crippen molar-refractivity contribution in [2.45, 2.75) is 0 Å². The fraction of sp³-hybridized carbons (Fsp3) is 1.00. The van der Waals surface area contributed by atoms with E-state index in [1.165, 1.54) is 7.11 Å². The van der Waals surface area contributed by atoms with Crippen molar-refractivity contribution in [2.75, 3.05) is 7.11 Å². The van der Waals surface area contributed by atoms with Crippen LogP contribution in [0.15, 0.2) is 0 Å². The average Bonchev–Trinajstić information content (AvgIpc) is 0.918. The summed E-state index contributed by atoms with van der Waals surface area (Å²) in [6.45, 7) is 0. The van der Waals surface area contributed by atoms with Gasteiger partial charge in [-0.15, -0.1) is 0 Å². The van der Waals surface area contributed by atoms with E-state index in [1.807, 2.05) is 0 Å². The van der Waals surface area contributed by atoms with E-state index in [-0.39, 0.29) is 26.2 Å². The Hall–Kier alpha value is 1.13. The monoisotopic (exact) mass is 156 g/mol. The Morgan fingerprint density at radius 3 is 1.75 bits per heavy atom. The first-order valence-electron chi connectivity index (χ1n) is 0.563. The molecule has 1 nitrogen and oxygen atoms in total. The van der Waals surface area contributed by atoms with Gasteiger partial charge >= 0.3 is 0 Å². The van der Waals surface area contributed by atoms with Gasteiger partial charge in [0.05, 0.1) is 19.0 Å². The fourth-order valence-corrected chi connectivity index (χ4v) is 0. The van der Waals surface area contributed by atoms with Crippen LogP contribution in [-0.2, 0) is 30.5 Å². The SMILES string of the molecule is COCl.[Zr]. The molecule has 0 unspecified atom stereocenters. The molecule has 0 heterocycles. The molecule has 0 N–H and O–H groups in total. The van der Waals surface area contributed by atoms with Crippen LogP contribution < -0.4 is 0 Å². The van der Waals surface area contributed by atoms with Gasteiger partial charge in [-0.1, -0.05) is 0 Å². The first-order chi connectivity index (χ1) is 1.41. The molecule has 0 fully saturated rings. The van der Waals surface area contributed by atoms with Crippen LogP contribution in [0.1, 0.15) is 0 Å². The van der Waals surface area contributed by atoms with Crippen LogP contribution in [-0.4, -0.2) is 7.11 Å². The number of hydrogen-bond acceptors (Lipinski definition) is 1. The van der Waals surface area contributed by atoms with Gasteiger partial charge in [0, 0.05) is 26.2 Å². The van der Waals surface area contributed by atoms with E-state index < -0.39 is 0 Å². The third-order valence-electron chi connectivity index (χ3n) is 0.